The summed E-state index contributed by atoms with van der Waals surface area (Å²) in [5, 5.41) is 7.47. The molecule has 1 amide bonds. The third-order valence-electron chi connectivity index (χ3n) is 3.82. The summed E-state index contributed by atoms with van der Waals surface area (Å²) in [6.45, 7) is 0. The molecule has 4 rings (SSSR count). The Kier molecular flexibility index (Phi) is 3.56. The Labute approximate surface area is 138 Å². The highest BCUT2D eigenvalue weighted by molar-refractivity contribution is 6.10. The number of hydrogen-bond donors (Lipinski definition) is 1. The Bertz CT molecular complexity index is 1010. The number of fused-ring (bicyclic) bond motifs is 1. The highest BCUT2D eigenvalue weighted by Crippen LogP contribution is 2.23. The molecule has 116 valence electrons. The van der Waals surface area contributed by atoms with Crippen LogP contribution < -0.4 is 5.32 Å². The number of nitrogens with one attached hydrogen (secondary N) is 1. The maximum Gasteiger partial charge on any atom is 0.278 e. The number of nitrogens with zero attached hydrogens (tertiary/aromatic N) is 1. The first-order chi connectivity index (χ1) is 11.8. The Morgan fingerprint density at radius 1 is 0.833 bits per heavy atom. The van der Waals surface area contributed by atoms with Gasteiger partial charge in [0.1, 0.15) is 0 Å². The number of carbonyl (C=O) groups excluding carboxylic acids is 1. The first-order valence-corrected chi connectivity index (χ1v) is 7.62. The van der Waals surface area contributed by atoms with Crippen molar-refractivity contribution in [1.29, 1.82) is 0 Å². The Morgan fingerprint density at radius 2 is 1.58 bits per heavy atom. The average Bonchev–Trinajstić information content (AvgIpc) is 3.07. The zero-order valence-electron chi connectivity index (χ0n) is 12.8. The lowest BCUT2D eigenvalue weighted by Gasteiger charge is -2.06. The molecule has 0 saturated heterocycles. The van der Waals surface area contributed by atoms with Gasteiger partial charge in [-0.2, -0.15) is 0 Å². The minimum absolute atomic E-state index is 0.287. The van der Waals surface area contributed by atoms with Gasteiger partial charge in [0.05, 0.1) is 5.39 Å². The van der Waals surface area contributed by atoms with Crippen LogP contribution in [-0.2, 0) is 0 Å². The molecule has 4 nitrogen and oxygen atoms in total. The third kappa shape index (κ3) is 2.65. The Balaban J connectivity index is 1.63. The fraction of sp³-hybridized carbons (Fsp3) is 0. The molecule has 0 saturated carbocycles. The van der Waals surface area contributed by atoms with Crippen LogP contribution in [0.1, 0.15) is 10.5 Å². The van der Waals surface area contributed by atoms with Crippen LogP contribution in [0.3, 0.4) is 0 Å². The normalized spacial score (nSPS) is 10.7. The van der Waals surface area contributed by atoms with Crippen molar-refractivity contribution >= 4 is 22.6 Å². The average molecular weight is 314 g/mol. The zero-order valence-corrected chi connectivity index (χ0v) is 12.8. The number of benzene rings is 3. The second kappa shape index (κ2) is 6.01. The van der Waals surface area contributed by atoms with Crippen molar-refractivity contribution < 1.29 is 9.32 Å². The van der Waals surface area contributed by atoms with Crippen molar-refractivity contribution in [3.05, 3.63) is 84.6 Å². The van der Waals surface area contributed by atoms with Gasteiger partial charge in [-0.1, -0.05) is 59.8 Å². The zero-order chi connectivity index (χ0) is 16.4. The van der Waals surface area contributed by atoms with E-state index < -0.39 is 0 Å². The molecule has 24 heavy (non-hydrogen) atoms. The molecule has 3 aromatic carbocycles. The standard InChI is InChI=1S/C20H14N2O2/c23-20(19-17-11-4-5-12-18(17)24-22-19)21-16-10-6-9-15(13-16)14-7-2-1-3-8-14/h1-13H,(H,21,23). The molecule has 1 N–H and O–H groups in total. The maximum atomic E-state index is 12.5. The number of hydrogen-bond acceptors (Lipinski definition) is 3. The quantitative estimate of drug-likeness (QED) is 0.594. The summed E-state index contributed by atoms with van der Waals surface area (Å²) in [7, 11) is 0. The monoisotopic (exact) mass is 314 g/mol. The van der Waals surface area contributed by atoms with Crippen LogP contribution >= 0.6 is 0 Å². The topological polar surface area (TPSA) is 55.1 Å². The highest BCUT2D eigenvalue weighted by atomic mass is 16.5. The van der Waals surface area contributed by atoms with Crippen LogP contribution in [-0.4, -0.2) is 11.1 Å². The lowest BCUT2D eigenvalue weighted by atomic mass is 10.1. The number of aromatic nitrogens is 1. The number of para-hydroxylation sites is 1. The summed E-state index contributed by atoms with van der Waals surface area (Å²) in [4.78, 5) is 12.5. The van der Waals surface area contributed by atoms with Crippen molar-refractivity contribution in [2.24, 2.45) is 0 Å². The van der Waals surface area contributed by atoms with Gasteiger partial charge in [-0.25, -0.2) is 0 Å². The smallest absolute Gasteiger partial charge is 0.278 e. The van der Waals surface area contributed by atoms with E-state index in [1.54, 1.807) is 6.07 Å². The molecule has 0 aliphatic heterocycles. The lowest BCUT2D eigenvalue weighted by Crippen LogP contribution is -2.12. The second-order valence-electron chi connectivity index (χ2n) is 5.43. The van der Waals surface area contributed by atoms with E-state index in [-0.39, 0.29) is 11.6 Å². The largest absolute Gasteiger partial charge is 0.355 e. The van der Waals surface area contributed by atoms with Crippen LogP contribution in [0.4, 0.5) is 5.69 Å². The Morgan fingerprint density at radius 3 is 2.46 bits per heavy atom. The molecule has 0 spiro atoms. The number of carbonyl (C=O) groups is 1. The van der Waals surface area contributed by atoms with E-state index in [1.165, 1.54) is 0 Å². The maximum absolute atomic E-state index is 12.5. The summed E-state index contributed by atoms with van der Waals surface area (Å²) in [6.07, 6.45) is 0. The van der Waals surface area contributed by atoms with Gasteiger partial charge in [0.15, 0.2) is 11.3 Å². The van der Waals surface area contributed by atoms with Crippen molar-refractivity contribution in [1.82, 2.24) is 5.16 Å². The van der Waals surface area contributed by atoms with Crippen molar-refractivity contribution in [3.63, 3.8) is 0 Å². The number of amides is 1. The van der Waals surface area contributed by atoms with Crippen LogP contribution in [0.25, 0.3) is 22.1 Å². The Hall–Kier alpha value is -3.40. The molecule has 1 heterocycles. The summed E-state index contributed by atoms with van der Waals surface area (Å²) in [5.74, 6) is -0.287. The van der Waals surface area contributed by atoms with Crippen LogP contribution in [0, 0.1) is 0 Å². The summed E-state index contributed by atoms with van der Waals surface area (Å²) in [5.41, 5.74) is 3.74. The fourth-order valence-corrected chi connectivity index (χ4v) is 2.65. The summed E-state index contributed by atoms with van der Waals surface area (Å²) in [6, 6.07) is 25.0. The van der Waals surface area contributed by atoms with Crippen LogP contribution in [0.15, 0.2) is 83.4 Å². The van der Waals surface area contributed by atoms with Crippen molar-refractivity contribution in [2.75, 3.05) is 5.32 Å². The lowest BCUT2D eigenvalue weighted by molar-refractivity contribution is 0.102. The van der Waals surface area contributed by atoms with E-state index in [9.17, 15) is 4.79 Å². The van der Waals surface area contributed by atoms with Gasteiger partial charge in [0.25, 0.3) is 5.91 Å². The van der Waals surface area contributed by atoms with Gasteiger partial charge in [0, 0.05) is 5.69 Å². The van der Waals surface area contributed by atoms with E-state index in [1.807, 2.05) is 72.8 Å². The molecule has 4 aromatic rings. The minimum atomic E-state index is -0.287. The molecule has 1 aromatic heterocycles. The third-order valence-corrected chi connectivity index (χ3v) is 3.82. The van der Waals surface area contributed by atoms with Crippen molar-refractivity contribution in [3.8, 4) is 11.1 Å². The van der Waals surface area contributed by atoms with E-state index in [0.29, 0.717) is 16.7 Å². The molecular weight excluding hydrogens is 300 g/mol. The van der Waals surface area contributed by atoms with Gasteiger partial charge in [0.2, 0.25) is 0 Å². The van der Waals surface area contributed by atoms with Crippen LogP contribution in [0.2, 0.25) is 0 Å². The second-order valence-corrected chi connectivity index (χ2v) is 5.43. The predicted molar refractivity (Wildman–Crippen MR) is 93.8 cm³/mol. The van der Waals surface area contributed by atoms with E-state index in [0.717, 1.165) is 11.1 Å². The first-order valence-electron chi connectivity index (χ1n) is 7.62. The number of rotatable bonds is 3. The van der Waals surface area contributed by atoms with Gasteiger partial charge in [-0.3, -0.25) is 4.79 Å². The SMILES string of the molecule is O=C(Nc1cccc(-c2ccccc2)c1)c1noc2ccccc12. The van der Waals surface area contributed by atoms with Gasteiger partial charge < -0.3 is 9.84 Å². The molecule has 4 heteroatoms. The van der Waals surface area contributed by atoms with E-state index >= 15 is 0 Å². The van der Waals surface area contributed by atoms with Gasteiger partial charge >= 0.3 is 0 Å². The number of anilines is 1. The molecule has 0 unspecified atom stereocenters. The van der Waals surface area contributed by atoms with Gasteiger partial charge in [-0.15, -0.1) is 0 Å². The van der Waals surface area contributed by atoms with Crippen LogP contribution in [0.5, 0.6) is 0 Å². The fourth-order valence-electron chi connectivity index (χ4n) is 2.65. The minimum Gasteiger partial charge on any atom is -0.355 e. The van der Waals surface area contributed by atoms with E-state index in [2.05, 4.69) is 10.5 Å². The van der Waals surface area contributed by atoms with E-state index in [4.69, 9.17) is 4.52 Å². The molecule has 0 radical (unpaired) electrons. The van der Waals surface area contributed by atoms with Crippen molar-refractivity contribution in [2.45, 2.75) is 0 Å². The molecule has 0 atom stereocenters. The summed E-state index contributed by atoms with van der Waals surface area (Å²) < 4.78 is 5.19. The first kappa shape index (κ1) is 14.2. The highest BCUT2D eigenvalue weighted by Gasteiger charge is 2.15. The molecular formula is C20H14N2O2. The van der Waals surface area contributed by atoms with Gasteiger partial charge in [-0.05, 0) is 35.4 Å². The molecule has 0 fully saturated rings. The molecule has 0 aliphatic carbocycles. The predicted octanol–water partition coefficient (Wildman–Crippen LogP) is 4.75. The summed E-state index contributed by atoms with van der Waals surface area (Å²) >= 11 is 0. The molecule has 0 bridgehead atoms. The molecule has 0 aliphatic rings.